The number of benzene rings is 1. The number of hydrogen-bond donors (Lipinski definition) is 1. The molecule has 0 atom stereocenters. The van der Waals surface area contributed by atoms with Gasteiger partial charge >= 0.3 is 0 Å². The van der Waals surface area contributed by atoms with Gasteiger partial charge < -0.3 is 19.7 Å². The molecule has 21 heavy (non-hydrogen) atoms. The summed E-state index contributed by atoms with van der Waals surface area (Å²) < 4.78 is 10.5. The lowest BCUT2D eigenvalue weighted by atomic mass is 10.2. The molecule has 1 N–H and O–H groups in total. The van der Waals surface area contributed by atoms with E-state index in [-0.39, 0.29) is 5.91 Å². The standard InChI is InChI=1S/C16H24N2O3/c1-18(11-16(19)17-12-6-4-5-7-12)13-8-9-14(20-2)15(10-13)21-3/h8-10,12H,4-7,11H2,1-3H3,(H,17,19). The van der Waals surface area contributed by atoms with Crippen molar-refractivity contribution >= 4 is 11.6 Å². The highest BCUT2D eigenvalue weighted by Gasteiger charge is 2.18. The smallest absolute Gasteiger partial charge is 0.239 e. The van der Waals surface area contributed by atoms with Gasteiger partial charge in [0.15, 0.2) is 11.5 Å². The summed E-state index contributed by atoms with van der Waals surface area (Å²) in [5.74, 6) is 1.42. The first-order chi connectivity index (χ1) is 10.1. The SMILES string of the molecule is COc1ccc(N(C)CC(=O)NC2CCCC2)cc1OC. The van der Waals surface area contributed by atoms with Crippen molar-refractivity contribution in [3.8, 4) is 11.5 Å². The van der Waals surface area contributed by atoms with Crippen molar-refractivity contribution in [3.05, 3.63) is 18.2 Å². The molecule has 1 amide bonds. The minimum atomic E-state index is 0.0687. The highest BCUT2D eigenvalue weighted by molar-refractivity contribution is 5.81. The molecule has 116 valence electrons. The predicted molar refractivity (Wildman–Crippen MR) is 83.2 cm³/mol. The predicted octanol–water partition coefficient (Wildman–Crippen LogP) is 2.20. The molecule has 0 aromatic heterocycles. The van der Waals surface area contributed by atoms with Crippen LogP contribution in [0.25, 0.3) is 0 Å². The van der Waals surface area contributed by atoms with Crippen LogP contribution < -0.4 is 19.7 Å². The van der Waals surface area contributed by atoms with E-state index in [0.29, 0.717) is 24.1 Å². The number of carbonyl (C=O) groups is 1. The lowest BCUT2D eigenvalue weighted by Gasteiger charge is -2.21. The molecule has 5 heteroatoms. The van der Waals surface area contributed by atoms with Crippen molar-refractivity contribution in [2.24, 2.45) is 0 Å². The van der Waals surface area contributed by atoms with Gasteiger partial charge in [0.05, 0.1) is 20.8 Å². The van der Waals surface area contributed by atoms with Crippen LogP contribution in [0.15, 0.2) is 18.2 Å². The molecular formula is C16H24N2O3. The van der Waals surface area contributed by atoms with Gasteiger partial charge in [0.2, 0.25) is 5.91 Å². The Hall–Kier alpha value is -1.91. The van der Waals surface area contributed by atoms with E-state index in [4.69, 9.17) is 9.47 Å². The van der Waals surface area contributed by atoms with Crippen LogP contribution in [0.3, 0.4) is 0 Å². The van der Waals surface area contributed by atoms with Crippen molar-refractivity contribution in [3.63, 3.8) is 0 Å². The number of amides is 1. The third-order valence-corrected chi connectivity index (χ3v) is 3.91. The summed E-state index contributed by atoms with van der Waals surface area (Å²) in [6.07, 6.45) is 4.64. The Kier molecular flexibility index (Phi) is 5.31. The molecule has 0 saturated heterocycles. The molecule has 1 fully saturated rings. The van der Waals surface area contributed by atoms with Gasteiger partial charge in [0, 0.05) is 24.8 Å². The molecule has 0 aliphatic heterocycles. The maximum Gasteiger partial charge on any atom is 0.239 e. The second kappa shape index (κ2) is 7.20. The summed E-state index contributed by atoms with van der Waals surface area (Å²) >= 11 is 0. The van der Waals surface area contributed by atoms with E-state index >= 15 is 0 Å². The van der Waals surface area contributed by atoms with Crippen LogP contribution in [0.5, 0.6) is 11.5 Å². The van der Waals surface area contributed by atoms with E-state index in [1.807, 2.05) is 30.1 Å². The van der Waals surface area contributed by atoms with Crippen molar-refractivity contribution < 1.29 is 14.3 Å². The number of carbonyl (C=O) groups excluding carboxylic acids is 1. The third kappa shape index (κ3) is 4.03. The first-order valence-electron chi connectivity index (χ1n) is 7.36. The van der Waals surface area contributed by atoms with Gasteiger partial charge in [0.1, 0.15) is 0 Å². The molecule has 1 aliphatic carbocycles. The van der Waals surface area contributed by atoms with Crippen molar-refractivity contribution in [1.29, 1.82) is 0 Å². The second-order valence-electron chi connectivity index (χ2n) is 5.44. The molecule has 5 nitrogen and oxygen atoms in total. The van der Waals surface area contributed by atoms with E-state index < -0.39 is 0 Å². The molecule has 1 aromatic rings. The monoisotopic (exact) mass is 292 g/mol. The quantitative estimate of drug-likeness (QED) is 0.873. The number of methoxy groups -OCH3 is 2. The van der Waals surface area contributed by atoms with Crippen LogP contribution in [0.2, 0.25) is 0 Å². The number of rotatable bonds is 6. The van der Waals surface area contributed by atoms with Crippen LogP contribution >= 0.6 is 0 Å². The van der Waals surface area contributed by atoms with E-state index in [1.165, 1.54) is 12.8 Å². The minimum absolute atomic E-state index is 0.0687. The molecule has 0 radical (unpaired) electrons. The van der Waals surface area contributed by atoms with E-state index in [2.05, 4.69) is 5.32 Å². The second-order valence-corrected chi connectivity index (χ2v) is 5.44. The minimum Gasteiger partial charge on any atom is -0.493 e. The summed E-state index contributed by atoms with van der Waals surface area (Å²) in [5, 5.41) is 3.09. The topological polar surface area (TPSA) is 50.8 Å². The molecule has 0 spiro atoms. The molecule has 1 aromatic carbocycles. The Balaban J connectivity index is 1.95. The van der Waals surface area contributed by atoms with Gasteiger partial charge in [-0.3, -0.25) is 4.79 Å². The first kappa shape index (κ1) is 15.5. The third-order valence-electron chi connectivity index (χ3n) is 3.91. The molecule has 2 rings (SSSR count). The largest absolute Gasteiger partial charge is 0.493 e. The maximum atomic E-state index is 12.1. The van der Waals surface area contributed by atoms with Crippen LogP contribution in [0.1, 0.15) is 25.7 Å². The fourth-order valence-corrected chi connectivity index (χ4v) is 2.71. The zero-order valence-corrected chi connectivity index (χ0v) is 13.0. The normalized spacial score (nSPS) is 14.8. The highest BCUT2D eigenvalue weighted by atomic mass is 16.5. The van der Waals surface area contributed by atoms with Gasteiger partial charge in [-0.25, -0.2) is 0 Å². The summed E-state index contributed by atoms with van der Waals surface area (Å²) in [5.41, 5.74) is 0.925. The zero-order chi connectivity index (χ0) is 15.2. The molecular weight excluding hydrogens is 268 g/mol. The maximum absolute atomic E-state index is 12.1. The van der Waals surface area contributed by atoms with Gasteiger partial charge in [-0.05, 0) is 25.0 Å². The number of anilines is 1. The van der Waals surface area contributed by atoms with Gasteiger partial charge in [0.25, 0.3) is 0 Å². The summed E-state index contributed by atoms with van der Waals surface area (Å²) in [7, 11) is 5.11. The van der Waals surface area contributed by atoms with Crippen molar-refractivity contribution in [1.82, 2.24) is 5.32 Å². The number of nitrogens with zero attached hydrogens (tertiary/aromatic N) is 1. The van der Waals surface area contributed by atoms with Crippen LogP contribution in [0, 0.1) is 0 Å². The van der Waals surface area contributed by atoms with Gasteiger partial charge in [-0.1, -0.05) is 12.8 Å². The first-order valence-corrected chi connectivity index (χ1v) is 7.36. The summed E-state index contributed by atoms with van der Waals surface area (Å²) in [6.45, 7) is 0.339. The Morgan fingerprint density at radius 2 is 1.90 bits per heavy atom. The summed E-state index contributed by atoms with van der Waals surface area (Å²) in [4.78, 5) is 14.0. The van der Waals surface area contributed by atoms with Gasteiger partial charge in [-0.15, -0.1) is 0 Å². The van der Waals surface area contributed by atoms with Crippen molar-refractivity contribution in [2.75, 3.05) is 32.7 Å². The number of likely N-dealkylation sites (N-methyl/N-ethyl adjacent to an activating group) is 1. The van der Waals surface area contributed by atoms with E-state index in [0.717, 1.165) is 18.5 Å². The van der Waals surface area contributed by atoms with Crippen LogP contribution in [0.4, 0.5) is 5.69 Å². The molecule has 1 saturated carbocycles. The molecule has 0 bridgehead atoms. The van der Waals surface area contributed by atoms with Crippen LogP contribution in [-0.4, -0.2) is 39.8 Å². The fraction of sp³-hybridized carbons (Fsp3) is 0.562. The number of ether oxygens (including phenoxy) is 2. The average Bonchev–Trinajstić information content (AvgIpc) is 2.99. The lowest BCUT2D eigenvalue weighted by molar-refractivity contribution is -0.120. The van der Waals surface area contributed by atoms with Crippen molar-refractivity contribution in [2.45, 2.75) is 31.7 Å². The fourth-order valence-electron chi connectivity index (χ4n) is 2.71. The average molecular weight is 292 g/mol. The summed E-state index contributed by atoms with van der Waals surface area (Å²) in [6, 6.07) is 6.00. The zero-order valence-electron chi connectivity index (χ0n) is 13.0. The van der Waals surface area contributed by atoms with Crippen LogP contribution in [-0.2, 0) is 4.79 Å². The van der Waals surface area contributed by atoms with E-state index in [1.54, 1.807) is 14.2 Å². The Morgan fingerprint density at radius 3 is 2.52 bits per heavy atom. The Morgan fingerprint density at radius 1 is 1.24 bits per heavy atom. The molecule has 1 aliphatic rings. The highest BCUT2D eigenvalue weighted by Crippen LogP contribution is 2.31. The number of nitrogens with one attached hydrogen (secondary N) is 1. The number of hydrogen-bond acceptors (Lipinski definition) is 4. The van der Waals surface area contributed by atoms with E-state index in [9.17, 15) is 4.79 Å². The molecule has 0 unspecified atom stereocenters. The Bertz CT molecular complexity index is 484. The lowest BCUT2D eigenvalue weighted by Crippen LogP contribution is -2.39. The van der Waals surface area contributed by atoms with Gasteiger partial charge in [-0.2, -0.15) is 0 Å². The Labute approximate surface area is 126 Å². The molecule has 0 heterocycles.